The number of nitrogens with one attached hydrogen (secondary N) is 1. The summed E-state index contributed by atoms with van der Waals surface area (Å²) in [6, 6.07) is 5.51. The van der Waals surface area contributed by atoms with Crippen LogP contribution in [0.4, 0.5) is 0 Å². The number of benzene rings is 1. The Labute approximate surface area is 158 Å². The summed E-state index contributed by atoms with van der Waals surface area (Å²) in [7, 11) is 0. The van der Waals surface area contributed by atoms with E-state index in [-0.39, 0.29) is 11.3 Å². The number of carbonyl (C=O) groups is 2. The van der Waals surface area contributed by atoms with E-state index in [9.17, 15) is 9.59 Å². The van der Waals surface area contributed by atoms with Crippen LogP contribution in [0, 0.1) is 0 Å². The highest BCUT2D eigenvalue weighted by Crippen LogP contribution is 2.29. The van der Waals surface area contributed by atoms with E-state index >= 15 is 0 Å². The molecule has 1 aliphatic rings. The normalized spacial score (nSPS) is 14.2. The van der Waals surface area contributed by atoms with Crippen LogP contribution in [0.3, 0.4) is 0 Å². The molecule has 1 aliphatic heterocycles. The van der Waals surface area contributed by atoms with Gasteiger partial charge in [0.2, 0.25) is 12.3 Å². The first-order valence-corrected chi connectivity index (χ1v) is 8.69. The minimum absolute atomic E-state index is 0.00306. The van der Waals surface area contributed by atoms with E-state index in [4.69, 9.17) is 27.9 Å². The van der Waals surface area contributed by atoms with Crippen LogP contribution in [0.15, 0.2) is 30.9 Å². The van der Waals surface area contributed by atoms with Gasteiger partial charge in [0, 0.05) is 25.0 Å². The first kappa shape index (κ1) is 21.5. The Morgan fingerprint density at radius 1 is 1.32 bits per heavy atom. The highest BCUT2D eigenvalue weighted by Gasteiger charge is 2.20. The third-order valence-corrected chi connectivity index (χ3v) is 4.56. The molecule has 1 aromatic rings. The minimum atomic E-state index is -0.158. The molecular weight excluding hydrogens is 363 g/mol. The summed E-state index contributed by atoms with van der Waals surface area (Å²) < 4.78 is 5.07. The van der Waals surface area contributed by atoms with Gasteiger partial charge >= 0.3 is 0 Å². The standard InChI is InChI=1S/C11H13Cl2NO.C7H11NO2/c1-11(2,6-14-7-15)8-3-4-9(12)10(13)5-8;1-2-7(9)8-3-5-10-6-4-8/h3-5,7H,6H2,1-2H3,(H,14,15);2H,1,3-6H2. The number of morpholine rings is 1. The number of nitrogens with zero attached hydrogens (tertiary/aromatic N) is 1. The molecule has 0 aromatic heterocycles. The van der Waals surface area contributed by atoms with Crippen LogP contribution in [0.2, 0.25) is 10.0 Å². The molecule has 25 heavy (non-hydrogen) atoms. The van der Waals surface area contributed by atoms with Crippen molar-refractivity contribution in [3.8, 4) is 0 Å². The lowest BCUT2D eigenvalue weighted by atomic mass is 9.85. The topological polar surface area (TPSA) is 58.6 Å². The molecular formula is C18H24Cl2N2O3. The Bertz CT molecular complexity index is 600. The first-order valence-electron chi connectivity index (χ1n) is 7.93. The van der Waals surface area contributed by atoms with Gasteiger partial charge in [0.05, 0.1) is 23.3 Å². The highest BCUT2D eigenvalue weighted by atomic mass is 35.5. The number of hydrogen-bond acceptors (Lipinski definition) is 3. The number of hydrogen-bond donors (Lipinski definition) is 1. The van der Waals surface area contributed by atoms with Crippen LogP contribution in [-0.4, -0.2) is 50.1 Å². The fourth-order valence-corrected chi connectivity index (χ4v) is 2.53. The second-order valence-electron chi connectivity index (χ2n) is 6.15. The second kappa shape index (κ2) is 10.4. The van der Waals surface area contributed by atoms with E-state index in [2.05, 4.69) is 11.9 Å². The van der Waals surface area contributed by atoms with Gasteiger partial charge in [-0.2, -0.15) is 0 Å². The number of halogens is 2. The van der Waals surface area contributed by atoms with Crippen molar-refractivity contribution in [3.63, 3.8) is 0 Å². The summed E-state index contributed by atoms with van der Waals surface area (Å²) >= 11 is 11.8. The molecule has 5 nitrogen and oxygen atoms in total. The van der Waals surface area contributed by atoms with Crippen LogP contribution in [-0.2, 0) is 19.7 Å². The van der Waals surface area contributed by atoms with Gasteiger partial charge in [0.25, 0.3) is 0 Å². The van der Waals surface area contributed by atoms with Crippen LogP contribution < -0.4 is 5.32 Å². The molecule has 0 unspecified atom stereocenters. The Kier molecular flexibility index (Phi) is 8.97. The summed E-state index contributed by atoms with van der Waals surface area (Å²) in [5, 5.41) is 3.74. The molecule has 0 radical (unpaired) electrons. The molecule has 1 saturated heterocycles. The Balaban J connectivity index is 0.000000271. The quantitative estimate of drug-likeness (QED) is 0.624. The molecule has 0 aliphatic carbocycles. The molecule has 1 aromatic carbocycles. The van der Waals surface area contributed by atoms with Crippen molar-refractivity contribution in [2.45, 2.75) is 19.3 Å². The zero-order valence-electron chi connectivity index (χ0n) is 14.6. The third-order valence-electron chi connectivity index (χ3n) is 3.83. The van der Waals surface area contributed by atoms with E-state index in [1.807, 2.05) is 26.0 Å². The van der Waals surface area contributed by atoms with Crippen LogP contribution in [0.25, 0.3) is 0 Å². The van der Waals surface area contributed by atoms with E-state index < -0.39 is 0 Å². The van der Waals surface area contributed by atoms with Gasteiger partial charge in [0.15, 0.2) is 0 Å². The summed E-state index contributed by atoms with van der Waals surface area (Å²) in [6.45, 7) is 10.7. The smallest absolute Gasteiger partial charge is 0.246 e. The van der Waals surface area contributed by atoms with Crippen molar-refractivity contribution < 1.29 is 14.3 Å². The monoisotopic (exact) mass is 386 g/mol. The lowest BCUT2D eigenvalue weighted by molar-refractivity contribution is -0.129. The van der Waals surface area contributed by atoms with Crippen molar-refractivity contribution in [2.24, 2.45) is 0 Å². The molecule has 1 heterocycles. The van der Waals surface area contributed by atoms with Gasteiger partial charge in [0.1, 0.15) is 0 Å². The van der Waals surface area contributed by atoms with Crippen molar-refractivity contribution in [2.75, 3.05) is 32.8 Å². The fraction of sp³-hybridized carbons (Fsp3) is 0.444. The maximum Gasteiger partial charge on any atom is 0.246 e. The first-order chi connectivity index (χ1) is 11.8. The molecule has 0 atom stereocenters. The van der Waals surface area contributed by atoms with E-state index in [1.54, 1.807) is 11.0 Å². The largest absolute Gasteiger partial charge is 0.378 e. The fourth-order valence-electron chi connectivity index (χ4n) is 2.23. The van der Waals surface area contributed by atoms with Gasteiger partial charge in [-0.15, -0.1) is 0 Å². The number of amides is 2. The zero-order chi connectivity index (χ0) is 18.9. The zero-order valence-corrected chi connectivity index (χ0v) is 16.1. The predicted octanol–water partition coefficient (Wildman–Crippen LogP) is 3.05. The van der Waals surface area contributed by atoms with E-state index in [1.165, 1.54) is 6.08 Å². The molecule has 2 rings (SSSR count). The Hall–Kier alpha value is -1.56. The summed E-state index contributed by atoms with van der Waals surface area (Å²) in [5.74, 6) is 0.00306. The number of rotatable bonds is 5. The number of ether oxygens (including phenoxy) is 1. The van der Waals surface area contributed by atoms with Gasteiger partial charge < -0.3 is 15.0 Å². The lowest BCUT2D eigenvalue weighted by Crippen LogP contribution is -2.39. The van der Waals surface area contributed by atoms with E-state index in [0.717, 1.165) is 5.56 Å². The molecule has 2 amide bonds. The summed E-state index contributed by atoms with van der Waals surface area (Å²) in [6.07, 6.45) is 2.03. The third kappa shape index (κ3) is 7.06. The second-order valence-corrected chi connectivity index (χ2v) is 6.97. The lowest BCUT2D eigenvalue weighted by Gasteiger charge is -2.25. The summed E-state index contributed by atoms with van der Waals surface area (Å²) in [4.78, 5) is 22.9. The van der Waals surface area contributed by atoms with Crippen LogP contribution >= 0.6 is 23.2 Å². The summed E-state index contributed by atoms with van der Waals surface area (Å²) in [5.41, 5.74) is 0.890. The molecule has 1 N–H and O–H groups in total. The molecule has 0 bridgehead atoms. The Morgan fingerprint density at radius 2 is 1.96 bits per heavy atom. The molecule has 1 fully saturated rings. The van der Waals surface area contributed by atoms with Crippen molar-refractivity contribution in [3.05, 3.63) is 46.5 Å². The average molecular weight is 387 g/mol. The maximum absolute atomic E-state index is 10.9. The van der Waals surface area contributed by atoms with Gasteiger partial charge in [-0.1, -0.05) is 49.7 Å². The number of carbonyl (C=O) groups excluding carboxylic acids is 2. The molecule has 7 heteroatoms. The Morgan fingerprint density at radius 3 is 2.48 bits per heavy atom. The molecule has 0 saturated carbocycles. The molecule has 0 spiro atoms. The van der Waals surface area contributed by atoms with Crippen molar-refractivity contribution in [1.82, 2.24) is 10.2 Å². The molecule has 138 valence electrons. The van der Waals surface area contributed by atoms with Crippen LogP contribution in [0.1, 0.15) is 19.4 Å². The van der Waals surface area contributed by atoms with Crippen molar-refractivity contribution in [1.29, 1.82) is 0 Å². The van der Waals surface area contributed by atoms with Gasteiger partial charge in [-0.25, -0.2) is 0 Å². The van der Waals surface area contributed by atoms with Gasteiger partial charge in [-0.3, -0.25) is 9.59 Å². The van der Waals surface area contributed by atoms with Crippen molar-refractivity contribution >= 4 is 35.5 Å². The SMILES string of the molecule is C=CC(=O)N1CCOCC1.CC(C)(CNC=O)c1ccc(Cl)c(Cl)c1. The highest BCUT2D eigenvalue weighted by molar-refractivity contribution is 6.42. The van der Waals surface area contributed by atoms with E-state index in [0.29, 0.717) is 49.3 Å². The van der Waals surface area contributed by atoms with Crippen LogP contribution in [0.5, 0.6) is 0 Å². The van der Waals surface area contributed by atoms with Gasteiger partial charge in [-0.05, 0) is 23.8 Å². The predicted molar refractivity (Wildman–Crippen MR) is 101 cm³/mol. The minimum Gasteiger partial charge on any atom is -0.378 e. The maximum atomic E-state index is 10.9. The average Bonchev–Trinajstić information content (AvgIpc) is 2.62.